The quantitative estimate of drug-likeness (QED) is 0.345. The first-order valence-electron chi connectivity index (χ1n) is 14.1. The highest BCUT2D eigenvalue weighted by molar-refractivity contribution is 6.30. The number of ether oxygens (including phenoxy) is 1. The zero-order chi connectivity index (χ0) is 30.6. The van der Waals surface area contributed by atoms with Gasteiger partial charge in [0.1, 0.15) is 23.8 Å². The Kier molecular flexibility index (Phi) is 9.33. The number of amides is 1. The molecule has 2 saturated heterocycles. The van der Waals surface area contributed by atoms with Gasteiger partial charge in [-0.2, -0.15) is 0 Å². The van der Waals surface area contributed by atoms with Gasteiger partial charge in [0.05, 0.1) is 29.9 Å². The molecule has 0 radical (unpaired) electrons. The number of halogens is 2. The van der Waals surface area contributed by atoms with Crippen LogP contribution in [0.5, 0.6) is 0 Å². The van der Waals surface area contributed by atoms with E-state index in [9.17, 15) is 14.0 Å². The lowest BCUT2D eigenvalue weighted by Gasteiger charge is -2.28. The fourth-order valence-corrected chi connectivity index (χ4v) is 5.42. The third-order valence-electron chi connectivity index (χ3n) is 7.68. The van der Waals surface area contributed by atoms with E-state index in [1.54, 1.807) is 24.1 Å². The first-order chi connectivity index (χ1) is 20.6. The van der Waals surface area contributed by atoms with Crippen LogP contribution in [0.3, 0.4) is 0 Å². The number of nitrogens with one attached hydrogen (secondary N) is 2. The molecule has 2 aliphatic heterocycles. The van der Waals surface area contributed by atoms with Gasteiger partial charge in [0.25, 0.3) is 0 Å². The minimum atomic E-state index is -0.722. The monoisotopic (exact) mass is 611 g/mol. The van der Waals surface area contributed by atoms with Gasteiger partial charge in [-0.3, -0.25) is 14.5 Å². The number of esters is 1. The fraction of sp³-hybridized carbons (Fsp3) is 0.448. The number of anilines is 4. The molecule has 2 aromatic heterocycles. The van der Waals surface area contributed by atoms with Gasteiger partial charge in [0.2, 0.25) is 5.91 Å². The standard InChI is InChI=1S/C29H35ClFN9O3/c1-29(7-12-43-28(29)42)17-39(3)27-23(14-22(36-37-27)20-13-19(30)5-6-21(20)31)34-24-15-25(33-18-32-24)35-26(41)16-40-9-4-8-38(2)10-11-40/h5-6,13-15,18H,4,7-12,16-17H2,1-3H3,(H2,32,33,34,35,36,41). The number of carbonyl (C=O) groups is 2. The van der Waals surface area contributed by atoms with E-state index < -0.39 is 11.2 Å². The van der Waals surface area contributed by atoms with Gasteiger partial charge in [-0.25, -0.2) is 14.4 Å². The number of aromatic nitrogens is 4. The largest absolute Gasteiger partial charge is 0.465 e. The number of hydrogen-bond acceptors (Lipinski definition) is 11. The van der Waals surface area contributed by atoms with Crippen molar-refractivity contribution in [1.29, 1.82) is 0 Å². The van der Waals surface area contributed by atoms with Crippen molar-refractivity contribution in [2.45, 2.75) is 19.8 Å². The summed E-state index contributed by atoms with van der Waals surface area (Å²) in [5.74, 6) is 0.151. The van der Waals surface area contributed by atoms with E-state index in [0.29, 0.717) is 47.7 Å². The Labute approximate surface area is 254 Å². The van der Waals surface area contributed by atoms with Crippen LogP contribution in [0.4, 0.5) is 27.5 Å². The molecule has 0 saturated carbocycles. The highest BCUT2D eigenvalue weighted by atomic mass is 35.5. The Morgan fingerprint density at radius 2 is 1.95 bits per heavy atom. The molecule has 1 aromatic carbocycles. The summed E-state index contributed by atoms with van der Waals surface area (Å²) in [5.41, 5.74) is 0.155. The number of carbonyl (C=O) groups excluding carboxylic acids is 2. The summed E-state index contributed by atoms with van der Waals surface area (Å²) >= 11 is 6.14. The molecule has 4 heterocycles. The summed E-state index contributed by atoms with van der Waals surface area (Å²) < 4.78 is 20.0. The van der Waals surface area contributed by atoms with Crippen LogP contribution in [-0.2, 0) is 14.3 Å². The molecular formula is C29H35ClFN9O3. The molecule has 228 valence electrons. The molecule has 2 fully saturated rings. The first kappa shape index (κ1) is 30.5. The highest BCUT2D eigenvalue weighted by Gasteiger charge is 2.41. The number of benzene rings is 1. The average molecular weight is 612 g/mol. The summed E-state index contributed by atoms with van der Waals surface area (Å²) in [4.78, 5) is 39.9. The molecule has 2 aliphatic rings. The predicted octanol–water partition coefficient (Wildman–Crippen LogP) is 3.44. The van der Waals surface area contributed by atoms with Crippen molar-refractivity contribution in [3.05, 3.63) is 47.5 Å². The first-order valence-corrected chi connectivity index (χ1v) is 14.5. The van der Waals surface area contributed by atoms with Crippen molar-refractivity contribution >= 4 is 46.6 Å². The van der Waals surface area contributed by atoms with Crippen molar-refractivity contribution in [2.75, 3.05) is 75.5 Å². The third kappa shape index (κ3) is 7.53. The van der Waals surface area contributed by atoms with Crippen LogP contribution in [0, 0.1) is 11.2 Å². The molecule has 1 atom stereocenters. The van der Waals surface area contributed by atoms with Crippen LogP contribution in [0.15, 0.2) is 36.7 Å². The van der Waals surface area contributed by atoms with Crippen LogP contribution in [0.2, 0.25) is 5.02 Å². The fourth-order valence-electron chi connectivity index (χ4n) is 5.25. The van der Waals surface area contributed by atoms with Crippen molar-refractivity contribution in [3.63, 3.8) is 0 Å². The van der Waals surface area contributed by atoms with Gasteiger partial charge >= 0.3 is 5.97 Å². The highest BCUT2D eigenvalue weighted by Crippen LogP contribution is 2.35. The van der Waals surface area contributed by atoms with Gasteiger partial charge in [0.15, 0.2) is 5.82 Å². The SMILES string of the molecule is CN1CCCN(CC(=O)Nc2cc(Nc3cc(-c4cc(Cl)ccc4F)nnc3N(C)CC3(C)CCOC3=O)ncn2)CC1. The van der Waals surface area contributed by atoms with E-state index in [1.165, 1.54) is 24.5 Å². The maximum atomic E-state index is 14.7. The second-order valence-corrected chi connectivity index (χ2v) is 11.7. The number of hydrogen-bond donors (Lipinski definition) is 2. The van der Waals surface area contributed by atoms with E-state index in [-0.39, 0.29) is 29.7 Å². The molecule has 12 nitrogen and oxygen atoms in total. The smallest absolute Gasteiger partial charge is 0.313 e. The lowest BCUT2D eigenvalue weighted by atomic mass is 9.88. The predicted molar refractivity (Wildman–Crippen MR) is 162 cm³/mol. The van der Waals surface area contributed by atoms with Crippen LogP contribution in [-0.4, -0.2) is 102 Å². The van der Waals surface area contributed by atoms with Crippen molar-refractivity contribution in [1.82, 2.24) is 30.0 Å². The van der Waals surface area contributed by atoms with Gasteiger partial charge in [-0.05, 0) is 64.2 Å². The maximum absolute atomic E-state index is 14.7. The minimum Gasteiger partial charge on any atom is -0.465 e. The summed E-state index contributed by atoms with van der Waals surface area (Å²) in [5, 5.41) is 15.1. The third-order valence-corrected chi connectivity index (χ3v) is 7.92. The number of rotatable bonds is 9. The summed E-state index contributed by atoms with van der Waals surface area (Å²) in [7, 11) is 3.87. The van der Waals surface area contributed by atoms with E-state index in [4.69, 9.17) is 16.3 Å². The molecular weight excluding hydrogens is 577 g/mol. The Morgan fingerprint density at radius 3 is 2.74 bits per heavy atom. The molecule has 3 aromatic rings. The molecule has 0 spiro atoms. The number of likely N-dealkylation sites (N-methyl/N-ethyl adjacent to an activating group) is 1. The molecule has 14 heteroatoms. The Balaban J connectivity index is 1.38. The van der Waals surface area contributed by atoms with Crippen LogP contribution in [0.1, 0.15) is 19.8 Å². The zero-order valence-corrected chi connectivity index (χ0v) is 25.2. The summed E-state index contributed by atoms with van der Waals surface area (Å²) in [6, 6.07) is 7.44. The van der Waals surface area contributed by atoms with E-state index >= 15 is 0 Å². The molecule has 1 amide bonds. The second kappa shape index (κ2) is 13.1. The average Bonchev–Trinajstić information content (AvgIpc) is 3.15. The van der Waals surface area contributed by atoms with Gasteiger partial charge in [0, 0.05) is 43.3 Å². The van der Waals surface area contributed by atoms with E-state index in [2.05, 4.69) is 47.6 Å². The Hall–Kier alpha value is -3.94. The van der Waals surface area contributed by atoms with Gasteiger partial charge in [-0.15, -0.1) is 10.2 Å². The van der Waals surface area contributed by atoms with Crippen molar-refractivity contribution in [3.8, 4) is 11.3 Å². The molecule has 0 bridgehead atoms. The molecule has 0 aliphatic carbocycles. The molecule has 43 heavy (non-hydrogen) atoms. The number of nitrogens with zero attached hydrogens (tertiary/aromatic N) is 7. The van der Waals surface area contributed by atoms with Crippen LogP contribution >= 0.6 is 11.6 Å². The molecule has 5 rings (SSSR count). The summed E-state index contributed by atoms with van der Waals surface area (Å²) in [6.45, 7) is 6.37. The zero-order valence-electron chi connectivity index (χ0n) is 24.4. The van der Waals surface area contributed by atoms with Gasteiger partial charge in [-0.1, -0.05) is 11.6 Å². The van der Waals surface area contributed by atoms with Crippen molar-refractivity contribution in [2.24, 2.45) is 5.41 Å². The Morgan fingerprint density at radius 1 is 1.14 bits per heavy atom. The molecule has 2 N–H and O–H groups in total. The van der Waals surface area contributed by atoms with E-state index in [0.717, 1.165) is 32.6 Å². The van der Waals surface area contributed by atoms with Crippen molar-refractivity contribution < 1.29 is 18.7 Å². The van der Waals surface area contributed by atoms with Crippen LogP contribution in [0.25, 0.3) is 11.3 Å². The minimum absolute atomic E-state index is 0.171. The topological polar surface area (TPSA) is 129 Å². The maximum Gasteiger partial charge on any atom is 0.313 e. The lowest BCUT2D eigenvalue weighted by Crippen LogP contribution is -2.37. The second-order valence-electron chi connectivity index (χ2n) is 11.3. The molecule has 1 unspecified atom stereocenters. The normalized spacial score (nSPS) is 19.5. The summed E-state index contributed by atoms with van der Waals surface area (Å²) in [6.07, 6.45) is 2.91. The lowest BCUT2D eigenvalue weighted by molar-refractivity contribution is -0.145. The van der Waals surface area contributed by atoms with Crippen LogP contribution < -0.4 is 15.5 Å². The number of cyclic esters (lactones) is 1. The van der Waals surface area contributed by atoms with E-state index in [1.807, 2.05) is 6.92 Å². The Bertz CT molecular complexity index is 1500. The van der Waals surface area contributed by atoms with Gasteiger partial charge < -0.3 is 25.2 Å².